The molecule has 2 atom stereocenters. The number of rotatable bonds is 7. The van der Waals surface area contributed by atoms with Gasteiger partial charge in [-0.3, -0.25) is 19.2 Å². The maximum absolute atomic E-state index is 12.3. The minimum Gasteiger partial charge on any atom is -0.394 e. The van der Waals surface area contributed by atoms with Gasteiger partial charge < -0.3 is 20.6 Å². The molecule has 0 unspecified atom stereocenters. The van der Waals surface area contributed by atoms with E-state index >= 15 is 0 Å². The van der Waals surface area contributed by atoms with Crippen molar-refractivity contribution >= 4 is 23.5 Å². The van der Waals surface area contributed by atoms with E-state index in [0.29, 0.717) is 19.4 Å². The summed E-state index contributed by atoms with van der Waals surface area (Å²) in [5, 5.41) is 14.0. The lowest BCUT2D eigenvalue weighted by Crippen LogP contribution is -2.52. The van der Waals surface area contributed by atoms with E-state index in [1.54, 1.807) is 0 Å². The zero-order valence-electron chi connectivity index (χ0n) is 12.9. The maximum Gasteiger partial charge on any atom is 0.248 e. The van der Waals surface area contributed by atoms with Crippen LogP contribution in [0.15, 0.2) is 0 Å². The monoisotopic (exact) mass is 313 g/mol. The van der Waals surface area contributed by atoms with Gasteiger partial charge in [0.25, 0.3) is 0 Å². The summed E-state index contributed by atoms with van der Waals surface area (Å²) < 4.78 is 0. The van der Waals surface area contributed by atoms with Crippen LogP contribution in [-0.4, -0.2) is 65.8 Å². The lowest BCUT2D eigenvalue weighted by molar-refractivity contribution is -0.141. The van der Waals surface area contributed by atoms with E-state index in [9.17, 15) is 24.3 Å². The summed E-state index contributed by atoms with van der Waals surface area (Å²) in [7, 11) is 1.50. The molecule has 0 radical (unpaired) electrons. The summed E-state index contributed by atoms with van der Waals surface area (Å²) in [5.74, 6) is -1.28. The smallest absolute Gasteiger partial charge is 0.248 e. The molecule has 22 heavy (non-hydrogen) atoms. The number of aliphatic hydroxyl groups is 1. The van der Waals surface area contributed by atoms with E-state index < -0.39 is 30.5 Å². The van der Waals surface area contributed by atoms with Crippen LogP contribution in [0.1, 0.15) is 32.6 Å². The van der Waals surface area contributed by atoms with E-state index in [2.05, 4.69) is 10.6 Å². The number of carbonyl (C=O) groups is 4. The lowest BCUT2D eigenvalue weighted by Gasteiger charge is -2.27. The van der Waals surface area contributed by atoms with Crippen molar-refractivity contribution < 1.29 is 24.3 Å². The van der Waals surface area contributed by atoms with Gasteiger partial charge in [0.15, 0.2) is 5.78 Å². The van der Waals surface area contributed by atoms with Gasteiger partial charge in [-0.2, -0.15) is 0 Å². The summed E-state index contributed by atoms with van der Waals surface area (Å²) in [6.07, 6.45) is 1.37. The van der Waals surface area contributed by atoms with Gasteiger partial charge in [-0.25, -0.2) is 0 Å². The van der Waals surface area contributed by atoms with Gasteiger partial charge in [0.05, 0.1) is 12.6 Å². The first-order chi connectivity index (χ1) is 10.4. The third-order valence-corrected chi connectivity index (χ3v) is 3.64. The van der Waals surface area contributed by atoms with Crippen molar-refractivity contribution in [3.63, 3.8) is 0 Å². The Morgan fingerprint density at radius 1 is 1.27 bits per heavy atom. The molecule has 3 N–H and O–H groups in total. The predicted octanol–water partition coefficient (Wildman–Crippen LogP) is -1.43. The van der Waals surface area contributed by atoms with E-state index in [1.807, 2.05) is 0 Å². The Hall–Kier alpha value is -1.96. The standard InChI is InChI=1S/C14H23N3O5/c1-9(19)16-10(8-18)14(22)17-7-3-4-11(17)12(20)5-6-13(21)15-2/h10-11,18H,3-8H2,1-2H3,(H,15,21)(H,16,19)/t10-,11-/m0/s1. The maximum atomic E-state index is 12.3. The van der Waals surface area contributed by atoms with Crippen molar-refractivity contribution in [3.8, 4) is 0 Å². The quantitative estimate of drug-likeness (QED) is 0.533. The summed E-state index contributed by atoms with van der Waals surface area (Å²) >= 11 is 0. The Morgan fingerprint density at radius 3 is 2.50 bits per heavy atom. The number of hydrogen-bond donors (Lipinski definition) is 3. The highest BCUT2D eigenvalue weighted by Gasteiger charge is 2.36. The number of amides is 3. The van der Waals surface area contributed by atoms with Crippen LogP contribution >= 0.6 is 0 Å². The lowest BCUT2D eigenvalue weighted by atomic mass is 10.0. The molecule has 0 saturated carbocycles. The van der Waals surface area contributed by atoms with Crippen LogP contribution in [0.5, 0.6) is 0 Å². The third kappa shape index (κ3) is 4.80. The molecule has 3 amide bonds. The van der Waals surface area contributed by atoms with Crippen LogP contribution in [0.4, 0.5) is 0 Å². The highest BCUT2D eigenvalue weighted by Crippen LogP contribution is 2.20. The minimum atomic E-state index is -1.04. The molecule has 1 aliphatic rings. The molecule has 8 heteroatoms. The molecule has 124 valence electrons. The molecule has 0 bridgehead atoms. The fraction of sp³-hybridized carbons (Fsp3) is 0.714. The number of hydrogen-bond acceptors (Lipinski definition) is 5. The molecule has 1 aliphatic heterocycles. The number of Topliss-reactive ketones (excluding diaryl/α,β-unsaturated/α-hetero) is 1. The third-order valence-electron chi connectivity index (χ3n) is 3.64. The first-order valence-corrected chi connectivity index (χ1v) is 7.32. The molecular weight excluding hydrogens is 290 g/mol. The minimum absolute atomic E-state index is 0.0675. The Labute approximate surface area is 129 Å². The van der Waals surface area contributed by atoms with E-state index in [1.165, 1.54) is 18.9 Å². The van der Waals surface area contributed by atoms with Gasteiger partial charge in [-0.1, -0.05) is 0 Å². The number of nitrogens with zero attached hydrogens (tertiary/aromatic N) is 1. The van der Waals surface area contributed by atoms with Crippen molar-refractivity contribution in [2.24, 2.45) is 0 Å². The van der Waals surface area contributed by atoms with Crippen molar-refractivity contribution in [3.05, 3.63) is 0 Å². The second kappa shape index (κ2) is 8.47. The summed E-state index contributed by atoms with van der Waals surface area (Å²) in [5.41, 5.74) is 0. The Morgan fingerprint density at radius 2 is 1.95 bits per heavy atom. The van der Waals surface area contributed by atoms with Crippen molar-refractivity contribution in [2.75, 3.05) is 20.2 Å². The molecular formula is C14H23N3O5. The molecule has 1 saturated heterocycles. The first kappa shape index (κ1) is 18.1. The average molecular weight is 313 g/mol. The molecule has 0 aromatic carbocycles. The second-order valence-corrected chi connectivity index (χ2v) is 5.26. The highest BCUT2D eigenvalue weighted by atomic mass is 16.3. The molecule has 1 heterocycles. The molecule has 0 aromatic heterocycles. The molecule has 0 aliphatic carbocycles. The van der Waals surface area contributed by atoms with Crippen LogP contribution in [0.2, 0.25) is 0 Å². The number of likely N-dealkylation sites (tertiary alicyclic amines) is 1. The molecule has 8 nitrogen and oxygen atoms in total. The highest BCUT2D eigenvalue weighted by molar-refractivity contribution is 5.94. The summed E-state index contributed by atoms with van der Waals surface area (Å²) in [6, 6.07) is -1.62. The second-order valence-electron chi connectivity index (χ2n) is 5.26. The van der Waals surface area contributed by atoms with Crippen LogP contribution in [0.3, 0.4) is 0 Å². The molecule has 0 aromatic rings. The summed E-state index contributed by atoms with van der Waals surface area (Å²) in [4.78, 5) is 48.2. The van der Waals surface area contributed by atoms with Gasteiger partial charge >= 0.3 is 0 Å². The van der Waals surface area contributed by atoms with Crippen molar-refractivity contribution in [1.82, 2.24) is 15.5 Å². The predicted molar refractivity (Wildman–Crippen MR) is 77.7 cm³/mol. The van der Waals surface area contributed by atoms with Crippen molar-refractivity contribution in [1.29, 1.82) is 0 Å². The molecule has 0 spiro atoms. The largest absolute Gasteiger partial charge is 0.394 e. The number of carbonyl (C=O) groups excluding carboxylic acids is 4. The molecule has 1 fully saturated rings. The van der Waals surface area contributed by atoms with Gasteiger partial charge in [-0.05, 0) is 12.8 Å². The normalized spacial score (nSPS) is 18.7. The van der Waals surface area contributed by atoms with Gasteiger partial charge in [0, 0.05) is 33.4 Å². The van der Waals surface area contributed by atoms with E-state index in [4.69, 9.17) is 0 Å². The Balaban J connectivity index is 2.68. The first-order valence-electron chi connectivity index (χ1n) is 7.32. The van der Waals surface area contributed by atoms with Crippen LogP contribution in [0, 0.1) is 0 Å². The topological polar surface area (TPSA) is 116 Å². The number of ketones is 1. The van der Waals surface area contributed by atoms with Crippen LogP contribution < -0.4 is 10.6 Å². The SMILES string of the molecule is CNC(=O)CCC(=O)[C@@H]1CCCN1C(=O)[C@H](CO)NC(C)=O. The van der Waals surface area contributed by atoms with Crippen LogP contribution in [0.25, 0.3) is 0 Å². The average Bonchev–Trinajstić information content (AvgIpc) is 2.98. The van der Waals surface area contributed by atoms with E-state index in [-0.39, 0.29) is 24.5 Å². The van der Waals surface area contributed by atoms with Gasteiger partial charge in [0.2, 0.25) is 17.7 Å². The summed E-state index contributed by atoms with van der Waals surface area (Å²) in [6.45, 7) is 1.14. The zero-order valence-corrected chi connectivity index (χ0v) is 12.9. The van der Waals surface area contributed by atoms with Gasteiger partial charge in [-0.15, -0.1) is 0 Å². The Bertz CT molecular complexity index is 452. The fourth-order valence-corrected chi connectivity index (χ4v) is 2.52. The molecule has 1 rings (SSSR count). The van der Waals surface area contributed by atoms with Gasteiger partial charge in [0.1, 0.15) is 6.04 Å². The van der Waals surface area contributed by atoms with Crippen LogP contribution in [-0.2, 0) is 19.2 Å². The van der Waals surface area contributed by atoms with E-state index in [0.717, 1.165) is 0 Å². The Kier molecular flexibility index (Phi) is 6.97. The fourth-order valence-electron chi connectivity index (χ4n) is 2.52. The number of aliphatic hydroxyl groups excluding tert-OH is 1. The number of nitrogens with one attached hydrogen (secondary N) is 2. The van der Waals surface area contributed by atoms with Crippen molar-refractivity contribution in [2.45, 2.75) is 44.7 Å². The zero-order chi connectivity index (χ0) is 16.7.